The summed E-state index contributed by atoms with van der Waals surface area (Å²) < 4.78 is 1.10. The highest BCUT2D eigenvalue weighted by molar-refractivity contribution is 9.10. The zero-order chi connectivity index (χ0) is 15.4. The largest absolute Gasteiger partial charge is 0.343 e. The van der Waals surface area contributed by atoms with E-state index in [0.717, 1.165) is 42.7 Å². The summed E-state index contributed by atoms with van der Waals surface area (Å²) in [5.41, 5.74) is 1.22. The minimum Gasteiger partial charge on any atom is -0.343 e. The normalized spacial score (nSPS) is 19.4. The first-order valence-electron chi connectivity index (χ1n) is 8.47. The van der Waals surface area contributed by atoms with Crippen molar-refractivity contribution >= 4 is 21.8 Å². The number of aryl methyl sites for hydroxylation is 1. The zero-order valence-corrected chi connectivity index (χ0v) is 14.6. The summed E-state index contributed by atoms with van der Waals surface area (Å²) in [5.74, 6) is 1.24. The van der Waals surface area contributed by atoms with Gasteiger partial charge in [0, 0.05) is 30.0 Å². The van der Waals surface area contributed by atoms with Crippen molar-refractivity contribution in [1.82, 2.24) is 10.2 Å². The van der Waals surface area contributed by atoms with E-state index in [9.17, 15) is 4.79 Å². The molecule has 0 unspecified atom stereocenters. The summed E-state index contributed by atoms with van der Waals surface area (Å²) >= 11 is 3.55. The van der Waals surface area contributed by atoms with Crippen LogP contribution in [0.3, 0.4) is 0 Å². The second-order valence-corrected chi connectivity index (χ2v) is 7.45. The monoisotopic (exact) mass is 364 g/mol. The number of hydrogen-bond donors (Lipinski definition) is 1. The Balaban J connectivity index is 1.39. The Morgan fingerprint density at radius 3 is 2.59 bits per heavy atom. The lowest BCUT2D eigenvalue weighted by molar-refractivity contribution is -0.132. The number of benzene rings is 1. The molecule has 1 aliphatic carbocycles. The van der Waals surface area contributed by atoms with Gasteiger partial charge in [-0.25, -0.2) is 0 Å². The average Bonchev–Trinajstić information content (AvgIpc) is 3.37. The van der Waals surface area contributed by atoms with E-state index in [2.05, 4.69) is 27.3 Å². The van der Waals surface area contributed by atoms with E-state index in [1.165, 1.54) is 24.9 Å². The molecule has 1 aromatic rings. The van der Waals surface area contributed by atoms with Gasteiger partial charge in [-0.15, -0.1) is 0 Å². The van der Waals surface area contributed by atoms with Crippen LogP contribution in [0.5, 0.6) is 0 Å². The zero-order valence-electron chi connectivity index (χ0n) is 13.1. The highest BCUT2D eigenvalue weighted by Crippen LogP contribution is 2.28. The van der Waals surface area contributed by atoms with Crippen LogP contribution in [0.4, 0.5) is 0 Å². The number of piperidine rings is 1. The second-order valence-electron chi connectivity index (χ2n) is 6.60. The van der Waals surface area contributed by atoms with Gasteiger partial charge < -0.3 is 10.2 Å². The number of rotatable bonds is 6. The van der Waals surface area contributed by atoms with Crippen LogP contribution in [-0.4, -0.2) is 36.5 Å². The predicted octanol–water partition coefficient (Wildman–Crippen LogP) is 3.37. The van der Waals surface area contributed by atoms with Crippen LogP contribution < -0.4 is 5.32 Å². The van der Waals surface area contributed by atoms with Crippen molar-refractivity contribution in [2.75, 3.05) is 19.6 Å². The van der Waals surface area contributed by atoms with Crippen molar-refractivity contribution in [3.8, 4) is 0 Å². The Morgan fingerprint density at radius 2 is 1.91 bits per heavy atom. The summed E-state index contributed by atoms with van der Waals surface area (Å²) in [4.78, 5) is 14.4. The van der Waals surface area contributed by atoms with Gasteiger partial charge in [0.05, 0.1) is 0 Å². The van der Waals surface area contributed by atoms with E-state index in [1.54, 1.807) is 0 Å². The molecule has 0 radical (unpaired) electrons. The third kappa shape index (κ3) is 4.56. The quantitative estimate of drug-likeness (QED) is 0.838. The molecule has 1 aliphatic heterocycles. The van der Waals surface area contributed by atoms with E-state index in [4.69, 9.17) is 0 Å². The molecule has 4 heteroatoms. The van der Waals surface area contributed by atoms with Crippen LogP contribution in [0.25, 0.3) is 0 Å². The van der Waals surface area contributed by atoms with Crippen LogP contribution in [0.2, 0.25) is 0 Å². The molecule has 1 aromatic carbocycles. The molecule has 22 heavy (non-hydrogen) atoms. The summed E-state index contributed by atoms with van der Waals surface area (Å²) in [5, 5.41) is 3.66. The fraction of sp³-hybridized carbons (Fsp3) is 0.611. The fourth-order valence-electron chi connectivity index (χ4n) is 3.09. The van der Waals surface area contributed by atoms with E-state index < -0.39 is 0 Å². The summed E-state index contributed by atoms with van der Waals surface area (Å²) in [6.07, 6.45) is 6.45. The third-order valence-electron chi connectivity index (χ3n) is 4.81. The fourth-order valence-corrected chi connectivity index (χ4v) is 3.57. The van der Waals surface area contributed by atoms with Crippen LogP contribution in [0.15, 0.2) is 28.7 Å². The molecule has 0 bridgehead atoms. The summed E-state index contributed by atoms with van der Waals surface area (Å²) in [6, 6.07) is 8.78. The van der Waals surface area contributed by atoms with Gasteiger partial charge in [-0.3, -0.25) is 4.79 Å². The number of nitrogens with zero attached hydrogens (tertiary/aromatic N) is 1. The SMILES string of the molecule is O=C(CCc1ccccc1Br)N1CCC(NCC2CC2)CC1. The molecular weight excluding hydrogens is 340 g/mol. The molecule has 3 nitrogen and oxygen atoms in total. The summed E-state index contributed by atoms with van der Waals surface area (Å²) in [6.45, 7) is 3.01. The van der Waals surface area contributed by atoms with Crippen LogP contribution in [-0.2, 0) is 11.2 Å². The van der Waals surface area contributed by atoms with E-state index >= 15 is 0 Å². The third-order valence-corrected chi connectivity index (χ3v) is 5.58. The lowest BCUT2D eigenvalue weighted by atomic mass is 10.0. The first-order chi connectivity index (χ1) is 10.7. The number of carbonyl (C=O) groups is 1. The second kappa shape index (κ2) is 7.60. The maximum atomic E-state index is 12.4. The van der Waals surface area contributed by atoms with Gasteiger partial charge in [-0.05, 0) is 56.2 Å². The number of nitrogens with one attached hydrogen (secondary N) is 1. The minimum absolute atomic E-state index is 0.302. The Kier molecular flexibility index (Phi) is 5.53. The Hall–Kier alpha value is -0.870. The molecule has 1 amide bonds. The molecule has 1 saturated carbocycles. The molecule has 0 atom stereocenters. The van der Waals surface area contributed by atoms with Crippen LogP contribution in [0.1, 0.15) is 37.7 Å². The van der Waals surface area contributed by atoms with E-state index in [-0.39, 0.29) is 0 Å². The van der Waals surface area contributed by atoms with Gasteiger partial charge in [-0.2, -0.15) is 0 Å². The standard InChI is InChI=1S/C18H25BrN2O/c19-17-4-2-1-3-15(17)7-8-18(22)21-11-9-16(10-12-21)20-13-14-5-6-14/h1-4,14,16,20H,5-13H2. The number of halogens is 1. The maximum absolute atomic E-state index is 12.4. The highest BCUT2D eigenvalue weighted by Gasteiger charge is 2.25. The Labute approximate surface area is 141 Å². The van der Waals surface area contributed by atoms with Gasteiger partial charge in [0.2, 0.25) is 5.91 Å². The maximum Gasteiger partial charge on any atom is 0.222 e. The van der Waals surface area contributed by atoms with Crippen LogP contribution in [0, 0.1) is 5.92 Å². The first-order valence-corrected chi connectivity index (χ1v) is 9.26. The van der Waals surface area contributed by atoms with Gasteiger partial charge >= 0.3 is 0 Å². The van der Waals surface area contributed by atoms with E-state index in [1.807, 2.05) is 23.1 Å². The van der Waals surface area contributed by atoms with Crippen molar-refractivity contribution in [3.63, 3.8) is 0 Å². The molecule has 1 saturated heterocycles. The van der Waals surface area contributed by atoms with Crippen molar-refractivity contribution in [2.45, 2.75) is 44.6 Å². The number of amides is 1. The summed E-state index contributed by atoms with van der Waals surface area (Å²) in [7, 11) is 0. The lowest BCUT2D eigenvalue weighted by Crippen LogP contribution is -2.45. The van der Waals surface area contributed by atoms with Gasteiger partial charge in [0.1, 0.15) is 0 Å². The lowest BCUT2D eigenvalue weighted by Gasteiger charge is -2.32. The minimum atomic E-state index is 0.302. The first kappa shape index (κ1) is 16.0. The Morgan fingerprint density at radius 1 is 1.18 bits per heavy atom. The van der Waals surface area contributed by atoms with Crippen molar-refractivity contribution in [2.24, 2.45) is 5.92 Å². The molecule has 3 rings (SSSR count). The average molecular weight is 365 g/mol. The Bertz CT molecular complexity index is 508. The van der Waals surface area contributed by atoms with E-state index in [0.29, 0.717) is 18.4 Å². The molecule has 1 N–H and O–H groups in total. The van der Waals surface area contributed by atoms with Gasteiger partial charge in [0.25, 0.3) is 0 Å². The van der Waals surface area contributed by atoms with Crippen molar-refractivity contribution in [3.05, 3.63) is 34.3 Å². The predicted molar refractivity (Wildman–Crippen MR) is 92.8 cm³/mol. The van der Waals surface area contributed by atoms with Crippen molar-refractivity contribution in [1.29, 1.82) is 0 Å². The molecule has 0 spiro atoms. The molecule has 2 aliphatic rings. The van der Waals surface area contributed by atoms with Gasteiger partial charge in [-0.1, -0.05) is 34.1 Å². The smallest absolute Gasteiger partial charge is 0.222 e. The van der Waals surface area contributed by atoms with Crippen LogP contribution >= 0.6 is 15.9 Å². The number of likely N-dealkylation sites (tertiary alicyclic amines) is 1. The number of carbonyl (C=O) groups excluding carboxylic acids is 1. The molecule has 120 valence electrons. The number of hydrogen-bond acceptors (Lipinski definition) is 2. The van der Waals surface area contributed by atoms with Crippen molar-refractivity contribution < 1.29 is 4.79 Å². The topological polar surface area (TPSA) is 32.3 Å². The molecular formula is C18H25BrN2O. The molecule has 2 fully saturated rings. The van der Waals surface area contributed by atoms with Gasteiger partial charge in [0.15, 0.2) is 0 Å². The molecule has 1 heterocycles. The molecule has 0 aromatic heterocycles. The highest BCUT2D eigenvalue weighted by atomic mass is 79.9.